The normalized spacial score (nSPS) is 14.7. The summed E-state index contributed by atoms with van der Waals surface area (Å²) in [6.07, 6.45) is 4.31. The molecular weight excluding hydrogens is 540 g/mol. The van der Waals surface area contributed by atoms with Crippen molar-refractivity contribution in [3.8, 4) is 0 Å². The van der Waals surface area contributed by atoms with Crippen LogP contribution >= 0.6 is 0 Å². The number of aliphatic carboxylic acids is 1. The van der Waals surface area contributed by atoms with E-state index in [4.69, 9.17) is 0 Å². The molecule has 1 aliphatic rings. The maximum Gasteiger partial charge on any atom is 0.346 e. The fourth-order valence-corrected chi connectivity index (χ4v) is 5.18. The van der Waals surface area contributed by atoms with E-state index in [0.717, 1.165) is 36.6 Å². The van der Waals surface area contributed by atoms with E-state index in [-0.39, 0.29) is 23.7 Å². The first-order valence-electron chi connectivity index (χ1n) is 13.7. The molecule has 2 aromatic carbocycles. The van der Waals surface area contributed by atoms with Crippen LogP contribution in [0.4, 0.5) is 10.6 Å². The maximum absolute atomic E-state index is 13.1. The summed E-state index contributed by atoms with van der Waals surface area (Å²) in [6, 6.07) is 11.8. The summed E-state index contributed by atoms with van der Waals surface area (Å²) in [5.74, 6) is -2.19. The largest absolute Gasteiger partial charge is 0.480 e. The number of nitrogens with zero attached hydrogens (tertiary/aromatic N) is 1. The monoisotopic (exact) mass is 574 g/mol. The number of carboxylic acid groups (broad SMARTS) is 1. The molecule has 4 rings (SSSR count). The molecule has 4 amide bonds. The number of rotatable bonds is 9. The summed E-state index contributed by atoms with van der Waals surface area (Å²) >= 11 is 0. The van der Waals surface area contributed by atoms with Crippen molar-refractivity contribution in [3.05, 3.63) is 93.0 Å². The SMILES string of the molecule is Cc1cccc(C)c1C(=O)Nc1[nH]c(=O)ncc1CC(NC(=O)NC1(NC(=O)c2ccccc2)CCCCC1)C(=O)O. The summed E-state index contributed by atoms with van der Waals surface area (Å²) in [6.45, 7) is 3.56. The molecule has 3 aromatic rings. The zero-order chi connectivity index (χ0) is 30.3. The molecule has 1 unspecified atom stereocenters. The Labute approximate surface area is 242 Å². The van der Waals surface area contributed by atoms with Crippen LogP contribution in [0, 0.1) is 13.8 Å². The Balaban J connectivity index is 1.50. The third kappa shape index (κ3) is 7.39. The molecule has 6 N–H and O–H groups in total. The number of aryl methyl sites for hydroxylation is 2. The van der Waals surface area contributed by atoms with E-state index < -0.39 is 35.3 Å². The second kappa shape index (κ2) is 13.1. The lowest BCUT2D eigenvalue weighted by molar-refractivity contribution is -0.139. The molecule has 1 aromatic heterocycles. The highest BCUT2D eigenvalue weighted by Crippen LogP contribution is 2.26. The van der Waals surface area contributed by atoms with Crippen molar-refractivity contribution in [2.45, 2.75) is 64.1 Å². The summed E-state index contributed by atoms with van der Waals surface area (Å²) < 4.78 is 0. The van der Waals surface area contributed by atoms with E-state index in [1.54, 1.807) is 56.3 Å². The van der Waals surface area contributed by atoms with Crippen LogP contribution in [-0.2, 0) is 11.2 Å². The number of aromatic nitrogens is 2. The van der Waals surface area contributed by atoms with Gasteiger partial charge in [-0.1, -0.05) is 42.8 Å². The Morgan fingerprint density at radius 1 is 0.929 bits per heavy atom. The van der Waals surface area contributed by atoms with Gasteiger partial charge < -0.3 is 26.4 Å². The molecule has 1 fully saturated rings. The number of carbonyl (C=O) groups is 4. The highest BCUT2D eigenvalue weighted by atomic mass is 16.4. The van der Waals surface area contributed by atoms with E-state index in [1.807, 2.05) is 6.07 Å². The van der Waals surface area contributed by atoms with Gasteiger partial charge in [-0.2, -0.15) is 0 Å². The second-order valence-electron chi connectivity index (χ2n) is 10.5. The summed E-state index contributed by atoms with van der Waals surface area (Å²) in [4.78, 5) is 69.5. The number of carbonyl (C=O) groups excluding carboxylic acids is 3. The van der Waals surface area contributed by atoms with Gasteiger partial charge >= 0.3 is 17.7 Å². The smallest absolute Gasteiger partial charge is 0.346 e. The second-order valence-corrected chi connectivity index (χ2v) is 10.5. The molecule has 0 radical (unpaired) electrons. The Kier molecular flexibility index (Phi) is 9.35. The Morgan fingerprint density at radius 3 is 2.24 bits per heavy atom. The van der Waals surface area contributed by atoms with Gasteiger partial charge in [-0.05, 0) is 62.8 Å². The van der Waals surface area contributed by atoms with Gasteiger partial charge in [-0.25, -0.2) is 19.4 Å². The van der Waals surface area contributed by atoms with E-state index in [1.165, 1.54) is 0 Å². The number of amides is 4. The number of hydrogen-bond donors (Lipinski definition) is 6. The van der Waals surface area contributed by atoms with E-state index in [9.17, 15) is 29.1 Å². The molecule has 0 saturated heterocycles. The van der Waals surface area contributed by atoms with Crippen LogP contribution < -0.4 is 27.0 Å². The first kappa shape index (κ1) is 30.0. The van der Waals surface area contributed by atoms with Crippen LogP contribution in [0.2, 0.25) is 0 Å². The van der Waals surface area contributed by atoms with Crippen LogP contribution in [0.5, 0.6) is 0 Å². The van der Waals surface area contributed by atoms with Gasteiger partial charge in [0.1, 0.15) is 17.5 Å². The van der Waals surface area contributed by atoms with Gasteiger partial charge in [0.2, 0.25) is 0 Å². The molecule has 0 spiro atoms. The summed E-state index contributed by atoms with van der Waals surface area (Å²) in [5, 5.41) is 20.8. The molecule has 220 valence electrons. The van der Waals surface area contributed by atoms with Gasteiger partial charge in [-0.3, -0.25) is 14.6 Å². The van der Waals surface area contributed by atoms with Crippen LogP contribution in [0.3, 0.4) is 0 Å². The van der Waals surface area contributed by atoms with Crippen molar-refractivity contribution < 1.29 is 24.3 Å². The van der Waals surface area contributed by atoms with Gasteiger partial charge in [0.15, 0.2) is 0 Å². The molecule has 42 heavy (non-hydrogen) atoms. The first-order chi connectivity index (χ1) is 20.1. The predicted molar refractivity (Wildman–Crippen MR) is 155 cm³/mol. The lowest BCUT2D eigenvalue weighted by Gasteiger charge is -2.39. The molecule has 1 heterocycles. The number of H-pyrrole nitrogens is 1. The van der Waals surface area contributed by atoms with E-state index in [0.29, 0.717) is 24.0 Å². The Morgan fingerprint density at radius 2 is 1.60 bits per heavy atom. The molecule has 0 aliphatic heterocycles. The molecule has 1 saturated carbocycles. The molecule has 12 nitrogen and oxygen atoms in total. The number of carboxylic acids is 1. The van der Waals surface area contributed by atoms with Gasteiger partial charge in [-0.15, -0.1) is 0 Å². The van der Waals surface area contributed by atoms with Crippen molar-refractivity contribution in [1.82, 2.24) is 25.9 Å². The van der Waals surface area contributed by atoms with Crippen molar-refractivity contribution in [1.29, 1.82) is 0 Å². The standard InChI is InChI=1S/C30H34N6O6/c1-18-10-9-11-19(2)23(18)26(38)33-24-21(17-31-28(41)34-24)16-22(27(39)40)32-29(42)36-30(14-7-4-8-15-30)35-25(37)20-12-5-3-6-13-20/h3,5-6,9-13,17,22H,4,7-8,14-16H2,1-2H3,(H,35,37)(H,39,40)(H2,32,36,42)(H2,31,33,34,38,41). The number of urea groups is 1. The summed E-state index contributed by atoms with van der Waals surface area (Å²) in [5.41, 5.74) is 0.722. The third-order valence-corrected chi connectivity index (χ3v) is 7.31. The van der Waals surface area contributed by atoms with Gasteiger partial charge in [0, 0.05) is 29.3 Å². The third-order valence-electron chi connectivity index (χ3n) is 7.31. The fourth-order valence-electron chi connectivity index (χ4n) is 5.18. The average molecular weight is 575 g/mol. The fraction of sp³-hybridized carbons (Fsp3) is 0.333. The highest BCUT2D eigenvalue weighted by Gasteiger charge is 2.36. The molecule has 1 aliphatic carbocycles. The van der Waals surface area contributed by atoms with Crippen LogP contribution in [0.15, 0.2) is 59.5 Å². The van der Waals surface area contributed by atoms with Crippen LogP contribution in [0.1, 0.15) is 69.5 Å². The summed E-state index contributed by atoms with van der Waals surface area (Å²) in [7, 11) is 0. The number of nitrogens with one attached hydrogen (secondary N) is 5. The van der Waals surface area contributed by atoms with E-state index in [2.05, 4.69) is 31.2 Å². The van der Waals surface area contributed by atoms with Gasteiger partial charge in [0.05, 0.1) is 0 Å². The molecule has 1 atom stereocenters. The number of anilines is 1. The molecular formula is C30H34N6O6. The van der Waals surface area contributed by atoms with Crippen LogP contribution in [-0.4, -0.2) is 50.6 Å². The lowest BCUT2D eigenvalue weighted by atomic mass is 9.88. The average Bonchev–Trinajstić information content (AvgIpc) is 2.94. The Hall–Kier alpha value is -5.00. The quantitative estimate of drug-likeness (QED) is 0.212. The van der Waals surface area contributed by atoms with Gasteiger partial charge in [0.25, 0.3) is 11.8 Å². The van der Waals surface area contributed by atoms with Crippen molar-refractivity contribution >= 4 is 29.6 Å². The minimum atomic E-state index is -1.45. The molecule has 12 heteroatoms. The minimum Gasteiger partial charge on any atom is -0.480 e. The number of benzene rings is 2. The minimum absolute atomic E-state index is 0.0185. The number of aromatic amines is 1. The zero-order valence-corrected chi connectivity index (χ0v) is 23.5. The lowest BCUT2D eigenvalue weighted by Crippen LogP contribution is -2.64. The maximum atomic E-state index is 13.1. The number of hydrogen-bond acceptors (Lipinski definition) is 6. The molecule has 0 bridgehead atoms. The predicted octanol–water partition coefficient (Wildman–Crippen LogP) is 3.02. The van der Waals surface area contributed by atoms with Crippen molar-refractivity contribution in [3.63, 3.8) is 0 Å². The van der Waals surface area contributed by atoms with Crippen molar-refractivity contribution in [2.24, 2.45) is 0 Å². The Bertz CT molecular complexity index is 1510. The van der Waals surface area contributed by atoms with Crippen LogP contribution in [0.25, 0.3) is 0 Å². The highest BCUT2D eigenvalue weighted by molar-refractivity contribution is 6.06. The zero-order valence-electron chi connectivity index (χ0n) is 23.5. The topological polar surface area (TPSA) is 182 Å². The first-order valence-corrected chi connectivity index (χ1v) is 13.7. The van der Waals surface area contributed by atoms with E-state index >= 15 is 0 Å². The van der Waals surface area contributed by atoms with Crippen molar-refractivity contribution in [2.75, 3.05) is 5.32 Å².